The third-order valence-electron chi connectivity index (χ3n) is 7.41. The molecule has 6 rings (SSSR count). The van der Waals surface area contributed by atoms with E-state index in [9.17, 15) is 9.90 Å². The van der Waals surface area contributed by atoms with E-state index in [1.165, 1.54) is 0 Å². The van der Waals surface area contributed by atoms with Crippen molar-refractivity contribution in [1.82, 2.24) is 20.3 Å². The smallest absolute Gasteiger partial charge is 0.259 e. The molecule has 3 aliphatic rings. The van der Waals surface area contributed by atoms with Crippen molar-refractivity contribution in [3.63, 3.8) is 0 Å². The Hall–Kier alpha value is -3.73. The summed E-state index contributed by atoms with van der Waals surface area (Å²) in [7, 11) is 3.38. The number of benzene rings is 2. The summed E-state index contributed by atoms with van der Waals surface area (Å²) in [4.78, 5) is 13.6. The molecule has 0 unspecified atom stereocenters. The van der Waals surface area contributed by atoms with Gasteiger partial charge in [0.25, 0.3) is 5.91 Å². The summed E-state index contributed by atoms with van der Waals surface area (Å²) in [6.07, 6.45) is 4.99. The number of amides is 1. The number of carbonyl (C=O) groups is 1. The number of rotatable bonds is 8. The third kappa shape index (κ3) is 4.44. The van der Waals surface area contributed by atoms with Gasteiger partial charge in [0.2, 0.25) is 0 Å². The first kappa shape index (κ1) is 24.6. The first-order valence-electron chi connectivity index (χ1n) is 12.7. The van der Waals surface area contributed by atoms with Crippen molar-refractivity contribution in [3.8, 4) is 22.8 Å². The average molecular weight is 519 g/mol. The van der Waals surface area contributed by atoms with Gasteiger partial charge in [-0.05, 0) is 29.7 Å². The average Bonchev–Trinajstić information content (AvgIpc) is 3.25. The summed E-state index contributed by atoms with van der Waals surface area (Å²) in [5.41, 5.74) is 5.28. The van der Waals surface area contributed by atoms with Crippen LogP contribution in [0.1, 0.15) is 33.5 Å². The Bertz CT molecular complexity index is 1400. The molecule has 38 heavy (non-hydrogen) atoms. The Morgan fingerprint density at radius 2 is 2.13 bits per heavy atom. The fourth-order valence-electron chi connectivity index (χ4n) is 5.30. The summed E-state index contributed by atoms with van der Waals surface area (Å²) < 4.78 is 24.1. The van der Waals surface area contributed by atoms with Crippen LogP contribution in [0, 0.1) is 5.41 Å². The van der Waals surface area contributed by atoms with E-state index < -0.39 is 11.5 Å². The van der Waals surface area contributed by atoms with Crippen LogP contribution in [0.3, 0.4) is 0 Å². The summed E-state index contributed by atoms with van der Waals surface area (Å²) >= 11 is 0. The maximum absolute atomic E-state index is 13.6. The molecule has 2 N–H and O–H groups in total. The SMILES string of the molecule is COCOc1c(C(=O)NC2=C[C@]23CCOC[C@@H]3O)cc(Cc2ccc(-c3cn(C)nn3)cc2)c2c1CCO2. The number of hydrogen-bond donors (Lipinski definition) is 2. The molecule has 3 heterocycles. The Labute approximate surface area is 220 Å². The molecule has 1 saturated heterocycles. The second kappa shape index (κ2) is 9.86. The molecule has 0 bridgehead atoms. The lowest BCUT2D eigenvalue weighted by Crippen LogP contribution is -2.39. The van der Waals surface area contributed by atoms with Crippen LogP contribution in [0.15, 0.2) is 48.3 Å². The fourth-order valence-corrected chi connectivity index (χ4v) is 5.30. The van der Waals surface area contributed by atoms with Crippen LogP contribution in [-0.4, -0.2) is 65.8 Å². The van der Waals surface area contributed by atoms with Crippen LogP contribution in [-0.2, 0) is 29.4 Å². The zero-order valence-electron chi connectivity index (χ0n) is 21.4. The molecular weight excluding hydrogens is 488 g/mol. The lowest BCUT2D eigenvalue weighted by atomic mass is 9.90. The number of fused-ring (bicyclic) bond motifs is 1. The lowest BCUT2D eigenvalue weighted by Gasteiger charge is -2.29. The van der Waals surface area contributed by atoms with E-state index >= 15 is 0 Å². The predicted octanol–water partition coefficient (Wildman–Crippen LogP) is 2.39. The Balaban J connectivity index is 1.29. The summed E-state index contributed by atoms with van der Waals surface area (Å²) in [5, 5.41) is 21.7. The van der Waals surface area contributed by atoms with Gasteiger partial charge in [-0.3, -0.25) is 9.48 Å². The fraction of sp³-hybridized carbons (Fsp3) is 0.393. The van der Waals surface area contributed by atoms with Crippen LogP contribution in [0.2, 0.25) is 0 Å². The maximum atomic E-state index is 13.6. The minimum absolute atomic E-state index is 0.0125. The van der Waals surface area contributed by atoms with E-state index in [1.807, 2.05) is 49.7 Å². The zero-order chi connectivity index (χ0) is 26.3. The number of aliphatic hydroxyl groups is 1. The van der Waals surface area contributed by atoms with Gasteiger partial charge in [0, 0.05) is 50.4 Å². The van der Waals surface area contributed by atoms with Crippen LogP contribution in [0.25, 0.3) is 11.3 Å². The van der Waals surface area contributed by atoms with Crippen molar-refractivity contribution in [1.29, 1.82) is 0 Å². The molecule has 198 valence electrons. The van der Waals surface area contributed by atoms with Crippen molar-refractivity contribution in [2.45, 2.75) is 25.4 Å². The van der Waals surface area contributed by atoms with Crippen LogP contribution in [0.4, 0.5) is 0 Å². The number of methoxy groups -OCH3 is 1. The van der Waals surface area contributed by atoms with Crippen molar-refractivity contribution >= 4 is 5.91 Å². The number of carbonyl (C=O) groups excluding carboxylic acids is 1. The zero-order valence-corrected chi connectivity index (χ0v) is 21.4. The maximum Gasteiger partial charge on any atom is 0.259 e. The van der Waals surface area contributed by atoms with Gasteiger partial charge in [0.1, 0.15) is 17.2 Å². The number of aromatic nitrogens is 3. The van der Waals surface area contributed by atoms with Crippen molar-refractivity contribution in [2.24, 2.45) is 12.5 Å². The standard InChI is InChI=1S/C28H30N4O6/c1-32-14-22(30-31-32)18-5-3-17(4-6-18)11-19-12-21(26(38-16-35-2)20-7-9-37-25(19)20)27(34)29-23-13-28(23)8-10-36-15-24(28)33/h3-6,12-14,24,33H,7-11,15-16H2,1-2H3,(H,29,34)/t24-,28+/m0/s1. The lowest BCUT2D eigenvalue weighted by molar-refractivity contribution is -0.0485. The van der Waals surface area contributed by atoms with Crippen molar-refractivity contribution in [3.05, 3.63) is 70.6 Å². The van der Waals surface area contributed by atoms with Gasteiger partial charge in [-0.1, -0.05) is 29.5 Å². The Morgan fingerprint density at radius 1 is 1.29 bits per heavy atom. The summed E-state index contributed by atoms with van der Waals surface area (Å²) in [5.74, 6) is 0.945. The van der Waals surface area contributed by atoms with Gasteiger partial charge in [-0.2, -0.15) is 0 Å². The second-order valence-electron chi connectivity index (χ2n) is 9.91. The largest absolute Gasteiger partial charge is 0.493 e. The van der Waals surface area contributed by atoms with E-state index in [2.05, 4.69) is 15.6 Å². The van der Waals surface area contributed by atoms with Crippen molar-refractivity contribution in [2.75, 3.05) is 33.7 Å². The highest BCUT2D eigenvalue weighted by atomic mass is 16.7. The van der Waals surface area contributed by atoms with Crippen LogP contribution in [0.5, 0.6) is 11.5 Å². The third-order valence-corrected chi connectivity index (χ3v) is 7.41. The molecule has 1 aromatic heterocycles. The molecule has 2 aliphatic heterocycles. The molecular formula is C28H30N4O6. The molecule has 1 spiro atoms. The number of ether oxygens (including phenoxy) is 4. The highest BCUT2D eigenvalue weighted by Gasteiger charge is 2.52. The first-order chi connectivity index (χ1) is 18.5. The molecule has 2 aromatic carbocycles. The highest BCUT2D eigenvalue weighted by Crippen LogP contribution is 2.50. The van der Waals surface area contributed by atoms with Gasteiger partial charge in [-0.25, -0.2) is 0 Å². The van der Waals surface area contributed by atoms with Crippen molar-refractivity contribution < 1.29 is 28.8 Å². The predicted molar refractivity (Wildman–Crippen MR) is 137 cm³/mol. The molecule has 0 radical (unpaired) electrons. The molecule has 1 fully saturated rings. The monoisotopic (exact) mass is 518 g/mol. The normalized spacial score (nSPS) is 21.6. The molecule has 10 heteroatoms. The molecule has 0 saturated carbocycles. The molecule has 1 amide bonds. The van der Waals surface area contributed by atoms with Gasteiger partial charge >= 0.3 is 0 Å². The van der Waals surface area contributed by atoms with E-state index in [0.717, 1.165) is 39.4 Å². The number of hydrogen-bond acceptors (Lipinski definition) is 8. The van der Waals surface area contributed by atoms with E-state index in [-0.39, 0.29) is 19.3 Å². The van der Waals surface area contributed by atoms with E-state index in [1.54, 1.807) is 11.8 Å². The summed E-state index contributed by atoms with van der Waals surface area (Å²) in [6, 6.07) is 9.97. The Kier molecular flexibility index (Phi) is 6.38. The quantitative estimate of drug-likeness (QED) is 0.437. The van der Waals surface area contributed by atoms with Gasteiger partial charge in [0.05, 0.1) is 36.5 Å². The van der Waals surface area contributed by atoms with E-state index in [0.29, 0.717) is 43.8 Å². The Morgan fingerprint density at radius 3 is 2.87 bits per heavy atom. The van der Waals surface area contributed by atoms with Gasteiger partial charge < -0.3 is 29.4 Å². The molecule has 1 aliphatic carbocycles. The topological polar surface area (TPSA) is 117 Å². The number of aliphatic hydroxyl groups excluding tert-OH is 1. The van der Waals surface area contributed by atoms with E-state index in [4.69, 9.17) is 18.9 Å². The molecule has 10 nitrogen and oxygen atoms in total. The minimum Gasteiger partial charge on any atom is -0.493 e. The number of aryl methyl sites for hydroxylation is 1. The molecule has 3 aromatic rings. The first-order valence-corrected chi connectivity index (χ1v) is 12.7. The minimum atomic E-state index is -0.662. The van der Waals surface area contributed by atoms with Crippen LogP contribution >= 0.6 is 0 Å². The number of nitrogens with one attached hydrogen (secondary N) is 1. The summed E-state index contributed by atoms with van der Waals surface area (Å²) in [6.45, 7) is 1.33. The van der Waals surface area contributed by atoms with Crippen LogP contribution < -0.4 is 14.8 Å². The van der Waals surface area contributed by atoms with Gasteiger partial charge in [0.15, 0.2) is 6.79 Å². The molecule has 2 atom stereocenters. The number of nitrogens with zero attached hydrogens (tertiary/aromatic N) is 3. The highest BCUT2D eigenvalue weighted by molar-refractivity contribution is 6.00. The van der Waals surface area contributed by atoms with Gasteiger partial charge in [-0.15, -0.1) is 5.10 Å². The second-order valence-corrected chi connectivity index (χ2v) is 9.91.